The predicted octanol–water partition coefficient (Wildman–Crippen LogP) is 1.70. The van der Waals surface area contributed by atoms with E-state index in [9.17, 15) is 9.70 Å². The van der Waals surface area contributed by atoms with Crippen molar-refractivity contribution in [2.75, 3.05) is 0 Å². The predicted molar refractivity (Wildman–Crippen MR) is 66.4 cm³/mol. The number of nitrogens with zero attached hydrogens (tertiary/aromatic N) is 5. The third-order valence-electron chi connectivity index (χ3n) is 2.54. The number of hydrogen-bond donors (Lipinski definition) is 0. The Bertz CT molecular complexity index is 629. The number of rotatable bonds is 4. The monoisotopic (exact) mass is 283 g/mol. The van der Waals surface area contributed by atoms with Crippen LogP contribution < -0.4 is 0 Å². The van der Waals surface area contributed by atoms with Crippen molar-refractivity contribution >= 4 is 28.7 Å². The van der Waals surface area contributed by atoms with E-state index in [4.69, 9.17) is 16.3 Å². The molecule has 2 aromatic heterocycles. The number of aromatic nitrogens is 4. The maximum atomic E-state index is 11.1. The second kappa shape index (κ2) is 5.37. The van der Waals surface area contributed by atoms with Crippen molar-refractivity contribution in [3.8, 4) is 0 Å². The molecule has 9 heteroatoms. The van der Waals surface area contributed by atoms with Crippen LogP contribution in [0, 0.1) is 4.91 Å². The van der Waals surface area contributed by atoms with E-state index in [0.29, 0.717) is 11.2 Å². The van der Waals surface area contributed by atoms with E-state index >= 15 is 0 Å². The summed E-state index contributed by atoms with van der Waals surface area (Å²) in [5.74, 6) is -0.871. The molecule has 0 aliphatic carbocycles. The molecule has 2 aromatic rings. The van der Waals surface area contributed by atoms with Crippen LogP contribution in [0.4, 0.5) is 0 Å². The highest BCUT2D eigenvalue weighted by atomic mass is 35.5. The van der Waals surface area contributed by atoms with Crippen LogP contribution in [0.5, 0.6) is 0 Å². The van der Waals surface area contributed by atoms with Gasteiger partial charge in [-0.1, -0.05) is 11.6 Å². The molecule has 0 aromatic carbocycles. The molecule has 2 rings (SSSR count). The van der Waals surface area contributed by atoms with Crippen LogP contribution in [0.25, 0.3) is 11.2 Å². The first-order valence-electron chi connectivity index (χ1n) is 5.40. The van der Waals surface area contributed by atoms with E-state index in [0.717, 1.165) is 0 Å². The fraction of sp³-hybridized carbons (Fsp3) is 0.400. The third kappa shape index (κ3) is 2.59. The molecule has 0 saturated heterocycles. The Kier molecular flexibility index (Phi) is 3.82. The minimum atomic E-state index is -0.942. The average Bonchev–Trinajstić information content (AvgIpc) is 2.83. The van der Waals surface area contributed by atoms with Gasteiger partial charge in [0.15, 0.2) is 10.8 Å². The molecule has 0 spiro atoms. The molecule has 2 heterocycles. The van der Waals surface area contributed by atoms with Crippen LogP contribution in [0.2, 0.25) is 5.15 Å². The summed E-state index contributed by atoms with van der Waals surface area (Å²) >= 11 is 5.88. The minimum absolute atomic E-state index is 0.231. The maximum Gasteiger partial charge on any atom is 0.314 e. The molecule has 0 radical (unpaired) electrons. The van der Waals surface area contributed by atoms with Crippen molar-refractivity contribution in [1.82, 2.24) is 19.5 Å². The molecule has 0 bridgehead atoms. The van der Waals surface area contributed by atoms with E-state index in [1.807, 2.05) is 0 Å². The van der Waals surface area contributed by atoms with Crippen molar-refractivity contribution in [2.45, 2.75) is 26.2 Å². The number of hydrogen-bond acceptors (Lipinski definition) is 6. The number of fused-ring (bicyclic) bond motifs is 1. The van der Waals surface area contributed by atoms with E-state index < -0.39 is 18.2 Å². The number of imidazole rings is 1. The van der Waals surface area contributed by atoms with Crippen LogP contribution in [-0.4, -0.2) is 31.5 Å². The summed E-state index contributed by atoms with van der Waals surface area (Å²) in [6.07, 6.45) is 1.28. The van der Waals surface area contributed by atoms with Gasteiger partial charge in [0, 0.05) is 5.18 Å². The normalized spacial score (nSPS) is 14.3. The smallest absolute Gasteiger partial charge is 0.314 e. The molecule has 0 saturated carbocycles. The maximum absolute atomic E-state index is 11.1. The molecular formula is C10H10ClN5O3. The summed E-state index contributed by atoms with van der Waals surface area (Å²) in [7, 11) is 0. The summed E-state index contributed by atoms with van der Waals surface area (Å²) in [6.45, 7) is 3.13. The van der Waals surface area contributed by atoms with E-state index in [1.54, 1.807) is 11.5 Å². The van der Waals surface area contributed by atoms with Gasteiger partial charge in [0.05, 0.1) is 6.33 Å². The zero-order valence-electron chi connectivity index (χ0n) is 10.1. The number of nitroso groups, excluding NO2 is 1. The highest BCUT2D eigenvalue weighted by molar-refractivity contribution is 6.33. The molecule has 1 amide bonds. The average molecular weight is 284 g/mol. The first kappa shape index (κ1) is 13.5. The van der Waals surface area contributed by atoms with Gasteiger partial charge in [0.2, 0.25) is 0 Å². The van der Waals surface area contributed by atoms with Gasteiger partial charge in [-0.05, 0) is 13.8 Å². The third-order valence-corrected chi connectivity index (χ3v) is 2.82. The minimum Gasteiger partial charge on any atom is -0.345 e. The van der Waals surface area contributed by atoms with Crippen LogP contribution >= 0.6 is 11.6 Å². The number of amides is 1. The van der Waals surface area contributed by atoms with Crippen LogP contribution in [0.3, 0.4) is 0 Å². The number of carbonyl (C=O) groups is 1. The number of halogens is 1. The SMILES string of the molecule is C[C@H](O[C@H](C)n1cnc2c(Cl)ncnc21)C(=O)N=O. The lowest BCUT2D eigenvalue weighted by molar-refractivity contribution is -0.134. The van der Waals surface area contributed by atoms with Gasteiger partial charge >= 0.3 is 5.91 Å². The molecule has 19 heavy (non-hydrogen) atoms. The summed E-state index contributed by atoms with van der Waals surface area (Å²) in [5.41, 5.74) is 0.915. The topological polar surface area (TPSA) is 99.3 Å². The molecular weight excluding hydrogens is 274 g/mol. The second-order valence-corrected chi connectivity index (χ2v) is 4.15. The lowest BCUT2D eigenvalue weighted by atomic mass is 10.4. The first-order chi connectivity index (χ1) is 9.04. The van der Waals surface area contributed by atoms with Gasteiger partial charge in [-0.25, -0.2) is 15.0 Å². The van der Waals surface area contributed by atoms with E-state index in [2.05, 4.69) is 20.1 Å². The highest BCUT2D eigenvalue weighted by Crippen LogP contribution is 2.21. The van der Waals surface area contributed by atoms with Crippen molar-refractivity contribution in [3.05, 3.63) is 22.7 Å². The summed E-state index contributed by atoms with van der Waals surface area (Å²) < 4.78 is 6.95. The Labute approximate surface area is 112 Å². The molecule has 0 aliphatic rings. The lowest BCUT2D eigenvalue weighted by Crippen LogP contribution is -2.22. The highest BCUT2D eigenvalue weighted by Gasteiger charge is 2.20. The Morgan fingerprint density at radius 1 is 1.42 bits per heavy atom. The number of ether oxygens (including phenoxy) is 1. The Hall–Kier alpha value is -1.93. The zero-order valence-corrected chi connectivity index (χ0v) is 10.9. The van der Waals surface area contributed by atoms with Crippen molar-refractivity contribution < 1.29 is 9.53 Å². The lowest BCUT2D eigenvalue weighted by Gasteiger charge is -2.17. The van der Waals surface area contributed by atoms with Gasteiger partial charge in [-0.2, -0.15) is 0 Å². The van der Waals surface area contributed by atoms with E-state index in [1.165, 1.54) is 19.6 Å². The molecule has 2 atom stereocenters. The fourth-order valence-corrected chi connectivity index (χ4v) is 1.76. The quantitative estimate of drug-likeness (QED) is 0.625. The zero-order chi connectivity index (χ0) is 14.0. The van der Waals surface area contributed by atoms with Gasteiger partial charge < -0.3 is 4.74 Å². The van der Waals surface area contributed by atoms with Gasteiger partial charge in [0.1, 0.15) is 24.2 Å². The molecule has 0 fully saturated rings. The van der Waals surface area contributed by atoms with Crippen molar-refractivity contribution in [2.24, 2.45) is 5.18 Å². The second-order valence-electron chi connectivity index (χ2n) is 3.80. The molecule has 0 aliphatic heterocycles. The van der Waals surface area contributed by atoms with Crippen LogP contribution in [0.1, 0.15) is 20.1 Å². The van der Waals surface area contributed by atoms with Gasteiger partial charge in [0.25, 0.3) is 0 Å². The molecule has 0 N–H and O–H groups in total. The largest absolute Gasteiger partial charge is 0.345 e. The number of carbonyl (C=O) groups excluding carboxylic acids is 1. The summed E-state index contributed by atoms with van der Waals surface area (Å²) in [5, 5.41) is 2.54. The Morgan fingerprint density at radius 3 is 2.84 bits per heavy atom. The van der Waals surface area contributed by atoms with Gasteiger partial charge in [-0.15, -0.1) is 4.91 Å². The summed E-state index contributed by atoms with van der Waals surface area (Å²) in [4.78, 5) is 33.1. The van der Waals surface area contributed by atoms with Crippen molar-refractivity contribution in [1.29, 1.82) is 0 Å². The Morgan fingerprint density at radius 2 is 2.16 bits per heavy atom. The standard InChI is InChI=1S/C10H10ClN5O3/c1-5(10(17)15-18)19-6(2)16-4-14-7-8(11)12-3-13-9(7)16/h3-6H,1-2H3/t5-,6+/m0/s1. The molecule has 100 valence electrons. The Balaban J connectivity index is 2.27. The van der Waals surface area contributed by atoms with Crippen LogP contribution in [0.15, 0.2) is 17.8 Å². The van der Waals surface area contributed by atoms with Crippen LogP contribution in [-0.2, 0) is 9.53 Å². The van der Waals surface area contributed by atoms with Crippen molar-refractivity contribution in [3.63, 3.8) is 0 Å². The fourth-order valence-electron chi connectivity index (χ4n) is 1.58. The van der Waals surface area contributed by atoms with E-state index in [-0.39, 0.29) is 5.15 Å². The van der Waals surface area contributed by atoms with Gasteiger partial charge in [-0.3, -0.25) is 9.36 Å². The molecule has 8 nitrogen and oxygen atoms in total. The molecule has 0 unspecified atom stereocenters. The first-order valence-corrected chi connectivity index (χ1v) is 5.78. The summed E-state index contributed by atoms with van der Waals surface area (Å²) in [6, 6.07) is 0.